The van der Waals surface area contributed by atoms with E-state index in [-0.39, 0.29) is 0 Å². The number of anilines is 1. The zero-order valence-corrected chi connectivity index (χ0v) is 11.5. The van der Waals surface area contributed by atoms with Crippen LogP contribution in [-0.4, -0.2) is 29.1 Å². The van der Waals surface area contributed by atoms with Crippen LogP contribution in [0.15, 0.2) is 36.4 Å². The van der Waals surface area contributed by atoms with Gasteiger partial charge in [-0.25, -0.2) is 0 Å². The van der Waals surface area contributed by atoms with Gasteiger partial charge < -0.3 is 10.6 Å². The molecule has 2 N–H and O–H groups in total. The molecule has 0 unspecified atom stereocenters. The summed E-state index contributed by atoms with van der Waals surface area (Å²) in [6, 6.07) is 15.1. The van der Waals surface area contributed by atoms with E-state index in [0.29, 0.717) is 6.54 Å². The highest BCUT2D eigenvalue weighted by Gasteiger charge is 2.06. The monoisotopic (exact) mass is 266 g/mol. The first-order valence-electron chi connectivity index (χ1n) is 6.43. The lowest BCUT2D eigenvalue weighted by molar-refractivity contribution is 0.765. The Morgan fingerprint density at radius 1 is 1.10 bits per heavy atom. The van der Waals surface area contributed by atoms with Crippen LogP contribution in [0.4, 0.5) is 5.69 Å². The van der Waals surface area contributed by atoms with E-state index in [1.807, 2.05) is 55.4 Å². The molecule has 0 atom stereocenters. The van der Waals surface area contributed by atoms with Gasteiger partial charge in [0.1, 0.15) is 11.0 Å². The van der Waals surface area contributed by atoms with E-state index in [1.165, 1.54) is 0 Å². The van der Waals surface area contributed by atoms with Gasteiger partial charge in [-0.05, 0) is 29.8 Å². The molecular weight excluding hydrogens is 250 g/mol. The van der Waals surface area contributed by atoms with Gasteiger partial charge in [0.2, 0.25) is 0 Å². The highest BCUT2D eigenvalue weighted by Crippen LogP contribution is 2.18. The molecule has 0 saturated carbocycles. The molecule has 101 valence electrons. The second kappa shape index (κ2) is 4.94. The standard InChI is InChI=1S/C15H16N5/c1-19(2)13-7-8-14-15(9-13)18-20(17-14)12-5-3-11(10-16)4-6-12/h3-8H,10,16H2,1-2H3. The number of nitrogens with two attached hydrogens (primary N) is 1. The van der Waals surface area contributed by atoms with E-state index < -0.39 is 0 Å². The van der Waals surface area contributed by atoms with Crippen molar-refractivity contribution in [3.8, 4) is 5.69 Å². The van der Waals surface area contributed by atoms with Crippen LogP contribution in [0, 0.1) is 6.07 Å². The number of fused-ring (bicyclic) bond motifs is 1. The van der Waals surface area contributed by atoms with Crippen molar-refractivity contribution in [2.45, 2.75) is 6.54 Å². The van der Waals surface area contributed by atoms with Crippen LogP contribution in [-0.2, 0) is 6.54 Å². The van der Waals surface area contributed by atoms with Crippen molar-refractivity contribution in [3.63, 3.8) is 0 Å². The summed E-state index contributed by atoms with van der Waals surface area (Å²) in [5, 5.41) is 8.94. The van der Waals surface area contributed by atoms with Crippen LogP contribution < -0.4 is 10.6 Å². The largest absolute Gasteiger partial charge is 0.377 e. The smallest absolute Gasteiger partial charge is 0.123 e. The molecule has 0 fully saturated rings. The average molecular weight is 266 g/mol. The molecular formula is C15H16N5. The van der Waals surface area contributed by atoms with Gasteiger partial charge in [-0.1, -0.05) is 12.1 Å². The predicted octanol–water partition coefficient (Wildman–Crippen LogP) is 1.75. The quantitative estimate of drug-likeness (QED) is 0.784. The SMILES string of the molecule is CN(C)c1[c]c2nn(-c3ccc(CN)cc3)nc2cc1. The molecule has 2 aromatic carbocycles. The Hall–Kier alpha value is -2.40. The first-order valence-corrected chi connectivity index (χ1v) is 6.43. The molecule has 0 aliphatic rings. The number of hydrogen-bond acceptors (Lipinski definition) is 4. The predicted molar refractivity (Wildman–Crippen MR) is 79.9 cm³/mol. The molecule has 3 aromatic rings. The van der Waals surface area contributed by atoms with Crippen LogP contribution in [0.25, 0.3) is 16.7 Å². The Morgan fingerprint density at radius 3 is 2.50 bits per heavy atom. The Bertz CT molecular complexity index is 728. The van der Waals surface area contributed by atoms with E-state index in [4.69, 9.17) is 5.73 Å². The number of benzene rings is 2. The van der Waals surface area contributed by atoms with E-state index in [2.05, 4.69) is 16.3 Å². The molecule has 0 bridgehead atoms. The maximum Gasteiger partial charge on any atom is 0.123 e. The maximum atomic E-state index is 5.60. The minimum absolute atomic E-state index is 0.536. The highest BCUT2D eigenvalue weighted by molar-refractivity contribution is 5.77. The van der Waals surface area contributed by atoms with E-state index in [0.717, 1.165) is 28.0 Å². The van der Waals surface area contributed by atoms with Crippen molar-refractivity contribution in [2.75, 3.05) is 19.0 Å². The minimum atomic E-state index is 0.536. The molecule has 5 nitrogen and oxygen atoms in total. The molecule has 0 amide bonds. The first-order chi connectivity index (χ1) is 9.67. The van der Waals surface area contributed by atoms with Gasteiger partial charge in [-0.15, -0.1) is 10.2 Å². The lowest BCUT2D eigenvalue weighted by atomic mass is 10.2. The third-order valence-electron chi connectivity index (χ3n) is 3.17. The van der Waals surface area contributed by atoms with Crippen LogP contribution in [0.2, 0.25) is 0 Å². The van der Waals surface area contributed by atoms with Crippen molar-refractivity contribution in [1.82, 2.24) is 15.0 Å². The topological polar surface area (TPSA) is 60.0 Å². The summed E-state index contributed by atoms with van der Waals surface area (Å²) in [7, 11) is 3.96. The first kappa shape index (κ1) is 12.6. The lowest BCUT2D eigenvalue weighted by Crippen LogP contribution is -2.08. The fourth-order valence-corrected chi connectivity index (χ4v) is 1.98. The summed E-state index contributed by atoms with van der Waals surface area (Å²) in [4.78, 5) is 3.62. The molecule has 0 saturated heterocycles. The molecule has 0 aliphatic heterocycles. The fourth-order valence-electron chi connectivity index (χ4n) is 1.98. The second-order valence-corrected chi connectivity index (χ2v) is 4.83. The Morgan fingerprint density at radius 2 is 1.85 bits per heavy atom. The Balaban J connectivity index is 2.03. The maximum absolute atomic E-state index is 5.60. The molecule has 0 spiro atoms. The second-order valence-electron chi connectivity index (χ2n) is 4.83. The van der Waals surface area contributed by atoms with Gasteiger partial charge in [0.05, 0.1) is 5.69 Å². The lowest BCUT2D eigenvalue weighted by Gasteiger charge is -2.10. The van der Waals surface area contributed by atoms with Crippen molar-refractivity contribution < 1.29 is 0 Å². The van der Waals surface area contributed by atoms with Gasteiger partial charge in [-0.3, -0.25) is 0 Å². The molecule has 3 rings (SSSR count). The molecule has 1 heterocycles. The molecule has 1 aromatic heterocycles. The fraction of sp³-hybridized carbons (Fsp3) is 0.200. The van der Waals surface area contributed by atoms with Crippen LogP contribution in [0.1, 0.15) is 5.56 Å². The van der Waals surface area contributed by atoms with E-state index in [9.17, 15) is 0 Å². The summed E-state index contributed by atoms with van der Waals surface area (Å²) in [5.41, 5.74) is 10.2. The third kappa shape index (κ3) is 2.23. The summed E-state index contributed by atoms with van der Waals surface area (Å²) >= 11 is 0. The van der Waals surface area contributed by atoms with Crippen LogP contribution in [0.3, 0.4) is 0 Å². The van der Waals surface area contributed by atoms with Gasteiger partial charge in [0.25, 0.3) is 0 Å². The Labute approximate surface area is 117 Å². The average Bonchev–Trinajstić information content (AvgIpc) is 2.90. The number of aromatic nitrogens is 3. The minimum Gasteiger partial charge on any atom is -0.377 e. The zero-order chi connectivity index (χ0) is 14.1. The van der Waals surface area contributed by atoms with E-state index in [1.54, 1.807) is 4.80 Å². The van der Waals surface area contributed by atoms with E-state index >= 15 is 0 Å². The molecule has 1 radical (unpaired) electrons. The normalized spacial score (nSPS) is 10.9. The summed E-state index contributed by atoms with van der Waals surface area (Å²) < 4.78 is 0. The van der Waals surface area contributed by atoms with Crippen LogP contribution >= 0.6 is 0 Å². The highest BCUT2D eigenvalue weighted by atomic mass is 15.5. The van der Waals surface area contributed by atoms with Gasteiger partial charge in [0.15, 0.2) is 0 Å². The van der Waals surface area contributed by atoms with Crippen molar-refractivity contribution in [2.24, 2.45) is 5.73 Å². The van der Waals surface area contributed by atoms with Crippen molar-refractivity contribution >= 4 is 16.7 Å². The number of rotatable bonds is 3. The summed E-state index contributed by atoms with van der Waals surface area (Å²) in [6.07, 6.45) is 0. The van der Waals surface area contributed by atoms with Crippen molar-refractivity contribution in [1.29, 1.82) is 0 Å². The molecule has 5 heteroatoms. The zero-order valence-electron chi connectivity index (χ0n) is 11.5. The summed E-state index contributed by atoms with van der Waals surface area (Å²) in [6.45, 7) is 0.536. The van der Waals surface area contributed by atoms with Crippen LogP contribution in [0.5, 0.6) is 0 Å². The van der Waals surface area contributed by atoms with Gasteiger partial charge in [0, 0.05) is 32.4 Å². The molecule has 0 aliphatic carbocycles. The Kier molecular flexibility index (Phi) is 3.12. The van der Waals surface area contributed by atoms with Gasteiger partial charge >= 0.3 is 0 Å². The van der Waals surface area contributed by atoms with Crippen molar-refractivity contribution in [3.05, 3.63) is 48.0 Å². The third-order valence-corrected chi connectivity index (χ3v) is 3.17. The van der Waals surface area contributed by atoms with Gasteiger partial charge in [-0.2, -0.15) is 4.80 Å². The number of nitrogens with zero attached hydrogens (tertiary/aromatic N) is 4. The molecule has 20 heavy (non-hydrogen) atoms. The number of hydrogen-bond donors (Lipinski definition) is 1. The summed E-state index contributed by atoms with van der Waals surface area (Å²) in [5.74, 6) is 0.